The normalized spacial score (nSPS) is 18.3. The van der Waals surface area contributed by atoms with Crippen molar-refractivity contribution in [2.45, 2.75) is 38.1 Å². The number of benzene rings is 2. The maximum absolute atomic E-state index is 13.0. The van der Waals surface area contributed by atoms with E-state index in [1.54, 1.807) is 0 Å². The number of aromatic nitrogens is 2. The molecule has 0 spiro atoms. The fourth-order valence-corrected chi connectivity index (χ4v) is 4.72. The van der Waals surface area contributed by atoms with Crippen molar-refractivity contribution in [2.75, 3.05) is 26.2 Å². The van der Waals surface area contributed by atoms with Crippen LogP contribution in [0.1, 0.15) is 42.5 Å². The number of carbonyl (C=O) groups is 1. The van der Waals surface area contributed by atoms with E-state index in [-0.39, 0.29) is 5.91 Å². The molecular formula is C25H28N4O2. The second-order valence-corrected chi connectivity index (χ2v) is 8.49. The zero-order valence-corrected chi connectivity index (χ0v) is 17.7. The van der Waals surface area contributed by atoms with Crippen molar-refractivity contribution in [1.29, 1.82) is 0 Å². The van der Waals surface area contributed by atoms with Gasteiger partial charge in [-0.3, -0.25) is 9.69 Å². The van der Waals surface area contributed by atoms with Gasteiger partial charge < -0.3 is 9.42 Å². The van der Waals surface area contributed by atoms with Gasteiger partial charge in [-0.1, -0.05) is 54.8 Å². The number of carbonyl (C=O) groups excluding carboxylic acids is 1. The van der Waals surface area contributed by atoms with Crippen molar-refractivity contribution in [3.05, 3.63) is 60.2 Å². The molecule has 2 aliphatic rings. The predicted molar refractivity (Wildman–Crippen MR) is 120 cm³/mol. The summed E-state index contributed by atoms with van der Waals surface area (Å²) in [7, 11) is 0. The molecule has 0 unspecified atom stereocenters. The fraction of sp³-hybridized carbons (Fsp3) is 0.400. The molecule has 1 aliphatic heterocycles. The SMILES string of the molecule is O=C(c1ccc(-c2nc(-c3ccccc3)no2)cc1)N1CCN(C2CCCCC2)CC1. The van der Waals surface area contributed by atoms with Gasteiger partial charge in [0.15, 0.2) is 0 Å². The van der Waals surface area contributed by atoms with E-state index in [9.17, 15) is 4.79 Å². The Labute approximate surface area is 182 Å². The lowest BCUT2D eigenvalue weighted by molar-refractivity contribution is 0.0523. The highest BCUT2D eigenvalue weighted by molar-refractivity contribution is 5.94. The van der Waals surface area contributed by atoms with Crippen LogP contribution in [0.2, 0.25) is 0 Å². The number of rotatable bonds is 4. The summed E-state index contributed by atoms with van der Waals surface area (Å²) in [6.45, 7) is 3.58. The first-order chi connectivity index (χ1) is 15.3. The van der Waals surface area contributed by atoms with Crippen LogP contribution in [0.25, 0.3) is 22.8 Å². The molecule has 3 aromatic rings. The average molecular weight is 417 g/mol. The van der Waals surface area contributed by atoms with E-state index >= 15 is 0 Å². The second kappa shape index (κ2) is 9.02. The second-order valence-electron chi connectivity index (χ2n) is 8.49. The van der Waals surface area contributed by atoms with E-state index in [2.05, 4.69) is 15.0 Å². The fourth-order valence-electron chi connectivity index (χ4n) is 4.72. The number of nitrogens with zero attached hydrogens (tertiary/aromatic N) is 4. The lowest BCUT2D eigenvalue weighted by atomic mass is 9.94. The van der Waals surface area contributed by atoms with Crippen LogP contribution in [0.15, 0.2) is 59.1 Å². The van der Waals surface area contributed by atoms with E-state index in [1.165, 1.54) is 32.1 Å². The third kappa shape index (κ3) is 4.39. The summed E-state index contributed by atoms with van der Waals surface area (Å²) in [4.78, 5) is 22.0. The molecule has 0 bridgehead atoms. The summed E-state index contributed by atoms with van der Waals surface area (Å²) in [5, 5.41) is 4.07. The molecule has 1 saturated carbocycles. The number of hydrogen-bond acceptors (Lipinski definition) is 5. The summed E-state index contributed by atoms with van der Waals surface area (Å²) in [5.41, 5.74) is 2.43. The maximum atomic E-state index is 13.0. The summed E-state index contributed by atoms with van der Waals surface area (Å²) in [5.74, 6) is 1.12. The monoisotopic (exact) mass is 416 g/mol. The lowest BCUT2D eigenvalue weighted by Crippen LogP contribution is -2.52. The van der Waals surface area contributed by atoms with Crippen molar-refractivity contribution in [3.8, 4) is 22.8 Å². The molecule has 0 radical (unpaired) electrons. The Balaban J connectivity index is 1.21. The van der Waals surface area contributed by atoms with Crippen molar-refractivity contribution in [1.82, 2.24) is 19.9 Å². The molecule has 6 nitrogen and oxygen atoms in total. The average Bonchev–Trinajstić information content (AvgIpc) is 3.35. The summed E-state index contributed by atoms with van der Waals surface area (Å²) in [6.07, 6.45) is 6.71. The van der Waals surface area contributed by atoms with Gasteiger partial charge >= 0.3 is 0 Å². The molecular weight excluding hydrogens is 388 g/mol. The highest BCUT2D eigenvalue weighted by atomic mass is 16.5. The van der Waals surface area contributed by atoms with Gasteiger partial charge in [0.05, 0.1) is 0 Å². The van der Waals surface area contributed by atoms with Gasteiger partial charge in [-0.05, 0) is 37.1 Å². The van der Waals surface area contributed by atoms with Gasteiger partial charge in [-0.15, -0.1) is 0 Å². The zero-order chi connectivity index (χ0) is 21.0. The molecule has 31 heavy (non-hydrogen) atoms. The Bertz CT molecular complexity index is 1000. The van der Waals surface area contributed by atoms with Crippen molar-refractivity contribution in [2.24, 2.45) is 0 Å². The van der Waals surface area contributed by atoms with Crippen LogP contribution in [-0.2, 0) is 0 Å². The highest BCUT2D eigenvalue weighted by Gasteiger charge is 2.27. The first kappa shape index (κ1) is 19.9. The standard InChI is InChI=1S/C25H28N4O2/c30-25(29-17-15-28(16-18-29)22-9-5-2-6-10-22)21-13-11-20(12-14-21)24-26-23(27-31-24)19-7-3-1-4-8-19/h1,3-4,7-8,11-14,22H,2,5-6,9-10,15-18H2. The van der Waals surface area contributed by atoms with E-state index in [0.717, 1.165) is 43.3 Å². The van der Waals surface area contributed by atoms with E-state index in [1.807, 2.05) is 59.5 Å². The molecule has 2 fully saturated rings. The van der Waals surface area contributed by atoms with Crippen LogP contribution in [0, 0.1) is 0 Å². The van der Waals surface area contributed by atoms with Gasteiger partial charge in [0, 0.05) is 48.9 Å². The number of piperazine rings is 1. The molecule has 1 aromatic heterocycles. The van der Waals surface area contributed by atoms with Crippen LogP contribution in [0.4, 0.5) is 0 Å². The van der Waals surface area contributed by atoms with E-state index in [4.69, 9.17) is 4.52 Å². The first-order valence-corrected chi connectivity index (χ1v) is 11.3. The highest BCUT2D eigenvalue weighted by Crippen LogP contribution is 2.25. The summed E-state index contributed by atoms with van der Waals surface area (Å²) < 4.78 is 5.43. The molecule has 1 saturated heterocycles. The Morgan fingerprint density at radius 1 is 0.839 bits per heavy atom. The molecule has 2 aromatic carbocycles. The van der Waals surface area contributed by atoms with Crippen molar-refractivity contribution >= 4 is 5.91 Å². The zero-order valence-electron chi connectivity index (χ0n) is 17.7. The first-order valence-electron chi connectivity index (χ1n) is 11.3. The van der Waals surface area contributed by atoms with Gasteiger partial charge in [-0.25, -0.2) is 0 Å². The Morgan fingerprint density at radius 3 is 2.26 bits per heavy atom. The van der Waals surface area contributed by atoms with E-state index < -0.39 is 0 Å². The molecule has 5 rings (SSSR count). The van der Waals surface area contributed by atoms with Crippen molar-refractivity contribution in [3.63, 3.8) is 0 Å². The van der Waals surface area contributed by atoms with Gasteiger partial charge in [0.25, 0.3) is 11.8 Å². The minimum absolute atomic E-state index is 0.102. The maximum Gasteiger partial charge on any atom is 0.258 e. The molecule has 0 atom stereocenters. The van der Waals surface area contributed by atoms with Crippen LogP contribution in [-0.4, -0.2) is 58.1 Å². The third-order valence-electron chi connectivity index (χ3n) is 6.53. The summed E-state index contributed by atoms with van der Waals surface area (Å²) >= 11 is 0. The topological polar surface area (TPSA) is 62.5 Å². The Morgan fingerprint density at radius 2 is 1.55 bits per heavy atom. The largest absolute Gasteiger partial charge is 0.336 e. The van der Waals surface area contributed by atoms with Gasteiger partial charge in [0.2, 0.25) is 5.82 Å². The van der Waals surface area contributed by atoms with Crippen LogP contribution in [0.3, 0.4) is 0 Å². The molecule has 1 amide bonds. The Kier molecular flexibility index (Phi) is 5.80. The van der Waals surface area contributed by atoms with Crippen LogP contribution >= 0.6 is 0 Å². The minimum atomic E-state index is 0.102. The molecule has 1 aliphatic carbocycles. The number of amides is 1. The van der Waals surface area contributed by atoms with E-state index in [0.29, 0.717) is 17.3 Å². The quantitative estimate of drug-likeness (QED) is 0.627. The lowest BCUT2D eigenvalue weighted by Gasteiger charge is -2.40. The third-order valence-corrected chi connectivity index (χ3v) is 6.53. The van der Waals surface area contributed by atoms with Crippen LogP contribution < -0.4 is 0 Å². The van der Waals surface area contributed by atoms with Crippen LogP contribution in [0.5, 0.6) is 0 Å². The molecule has 160 valence electrons. The number of hydrogen-bond donors (Lipinski definition) is 0. The van der Waals surface area contributed by atoms with Crippen molar-refractivity contribution < 1.29 is 9.32 Å². The predicted octanol–water partition coefficient (Wildman–Crippen LogP) is 4.49. The molecule has 6 heteroatoms. The molecule has 0 N–H and O–H groups in total. The summed E-state index contributed by atoms with van der Waals surface area (Å²) in [6, 6.07) is 17.9. The minimum Gasteiger partial charge on any atom is -0.336 e. The molecule has 2 heterocycles. The smallest absolute Gasteiger partial charge is 0.258 e. The van der Waals surface area contributed by atoms with Gasteiger partial charge in [-0.2, -0.15) is 4.98 Å². The Hall–Kier alpha value is -2.99. The van der Waals surface area contributed by atoms with Gasteiger partial charge in [0.1, 0.15) is 0 Å².